The Hall–Kier alpha value is -2.99. The summed E-state index contributed by atoms with van der Waals surface area (Å²) >= 11 is 6.21. The SMILES string of the molecule is CCOC(=O)c1coc(CN2Cc3ccccc3Oc3ccc(Cl)cc32)n1. The highest BCUT2D eigenvalue weighted by atomic mass is 35.5. The van der Waals surface area contributed by atoms with Gasteiger partial charge in [0.25, 0.3) is 0 Å². The van der Waals surface area contributed by atoms with Crippen molar-refractivity contribution in [3.8, 4) is 11.5 Å². The molecule has 0 atom stereocenters. The number of hydrogen-bond acceptors (Lipinski definition) is 6. The average molecular weight is 385 g/mol. The van der Waals surface area contributed by atoms with Gasteiger partial charge in [0.2, 0.25) is 5.89 Å². The van der Waals surface area contributed by atoms with Crippen LogP contribution < -0.4 is 9.64 Å². The number of oxazole rings is 1. The molecule has 0 radical (unpaired) electrons. The van der Waals surface area contributed by atoms with Gasteiger partial charge in [0.05, 0.1) is 18.8 Å². The van der Waals surface area contributed by atoms with Gasteiger partial charge in [-0.05, 0) is 31.2 Å². The van der Waals surface area contributed by atoms with Crippen LogP contribution in [0.15, 0.2) is 53.1 Å². The van der Waals surface area contributed by atoms with Crippen molar-refractivity contribution >= 4 is 23.3 Å². The largest absolute Gasteiger partial charge is 0.461 e. The molecule has 138 valence electrons. The number of nitrogens with zero attached hydrogens (tertiary/aromatic N) is 2. The summed E-state index contributed by atoms with van der Waals surface area (Å²) in [6, 6.07) is 13.3. The maximum absolute atomic E-state index is 11.8. The van der Waals surface area contributed by atoms with E-state index in [4.69, 9.17) is 25.5 Å². The smallest absolute Gasteiger partial charge is 0.360 e. The molecule has 0 spiro atoms. The number of halogens is 1. The van der Waals surface area contributed by atoms with Crippen molar-refractivity contribution in [3.63, 3.8) is 0 Å². The highest BCUT2D eigenvalue weighted by molar-refractivity contribution is 6.31. The standard InChI is InChI=1S/C20H17ClN2O4/c1-2-25-20(24)15-12-26-19(22-15)11-23-10-13-5-3-4-6-17(13)27-18-8-7-14(21)9-16(18)23/h3-9,12H,2,10-11H2,1H3. The van der Waals surface area contributed by atoms with Gasteiger partial charge in [0.1, 0.15) is 12.0 Å². The molecule has 2 aromatic carbocycles. The van der Waals surface area contributed by atoms with E-state index < -0.39 is 5.97 Å². The van der Waals surface area contributed by atoms with Crippen LogP contribution in [-0.4, -0.2) is 17.6 Å². The van der Waals surface area contributed by atoms with Crippen molar-refractivity contribution in [1.29, 1.82) is 0 Å². The van der Waals surface area contributed by atoms with Gasteiger partial charge in [-0.25, -0.2) is 9.78 Å². The molecule has 0 aliphatic carbocycles. The van der Waals surface area contributed by atoms with Crippen molar-refractivity contribution in [3.05, 3.63) is 70.9 Å². The van der Waals surface area contributed by atoms with E-state index in [1.165, 1.54) is 6.26 Å². The number of ether oxygens (including phenoxy) is 2. The molecule has 0 bridgehead atoms. The molecular formula is C20H17ClN2O4. The van der Waals surface area contributed by atoms with Crippen molar-refractivity contribution in [1.82, 2.24) is 4.98 Å². The number of anilines is 1. The van der Waals surface area contributed by atoms with E-state index in [0.29, 0.717) is 29.8 Å². The monoisotopic (exact) mass is 384 g/mol. The van der Waals surface area contributed by atoms with Crippen LogP contribution in [0.25, 0.3) is 0 Å². The molecule has 0 saturated carbocycles. The summed E-state index contributed by atoms with van der Waals surface area (Å²) in [5.74, 6) is 1.40. The second-order valence-electron chi connectivity index (χ2n) is 6.02. The summed E-state index contributed by atoms with van der Waals surface area (Å²) < 4.78 is 16.5. The number of aromatic nitrogens is 1. The number of para-hydroxylation sites is 1. The molecule has 1 aromatic heterocycles. The first-order chi connectivity index (χ1) is 13.1. The van der Waals surface area contributed by atoms with Crippen LogP contribution in [0, 0.1) is 0 Å². The first-order valence-corrected chi connectivity index (χ1v) is 8.93. The first-order valence-electron chi connectivity index (χ1n) is 8.56. The Labute approximate surface area is 161 Å². The lowest BCUT2D eigenvalue weighted by atomic mass is 10.2. The van der Waals surface area contributed by atoms with Crippen molar-refractivity contribution < 1.29 is 18.7 Å². The maximum Gasteiger partial charge on any atom is 0.360 e. The van der Waals surface area contributed by atoms with E-state index in [0.717, 1.165) is 17.0 Å². The molecule has 1 aliphatic heterocycles. The zero-order valence-electron chi connectivity index (χ0n) is 14.6. The molecule has 0 fully saturated rings. The fraction of sp³-hybridized carbons (Fsp3) is 0.200. The van der Waals surface area contributed by atoms with Crippen molar-refractivity contribution in [2.45, 2.75) is 20.0 Å². The third-order valence-corrected chi connectivity index (χ3v) is 4.41. The number of fused-ring (bicyclic) bond motifs is 2. The highest BCUT2D eigenvalue weighted by Gasteiger charge is 2.23. The van der Waals surface area contributed by atoms with Crippen molar-refractivity contribution in [2.24, 2.45) is 0 Å². The molecule has 1 aliphatic rings. The number of hydrogen-bond donors (Lipinski definition) is 0. The number of rotatable bonds is 4. The van der Waals surface area contributed by atoms with Crippen LogP contribution in [0.4, 0.5) is 5.69 Å². The Morgan fingerprint density at radius 1 is 1.26 bits per heavy atom. The van der Waals surface area contributed by atoms with E-state index in [-0.39, 0.29) is 12.3 Å². The number of carbonyl (C=O) groups is 1. The third kappa shape index (κ3) is 3.61. The molecule has 6 nitrogen and oxygen atoms in total. The molecule has 7 heteroatoms. The maximum atomic E-state index is 11.8. The summed E-state index contributed by atoms with van der Waals surface area (Å²) in [7, 11) is 0. The topological polar surface area (TPSA) is 64.8 Å². The molecular weight excluding hydrogens is 368 g/mol. The van der Waals surface area contributed by atoms with Gasteiger partial charge in [-0.1, -0.05) is 29.8 Å². The molecule has 27 heavy (non-hydrogen) atoms. The predicted octanol–water partition coefficient (Wildman–Crippen LogP) is 4.82. The molecule has 0 unspecified atom stereocenters. The third-order valence-electron chi connectivity index (χ3n) is 4.18. The van der Waals surface area contributed by atoms with Gasteiger partial charge >= 0.3 is 5.97 Å². The summed E-state index contributed by atoms with van der Waals surface area (Å²) in [5, 5.41) is 0.605. The van der Waals surface area contributed by atoms with Gasteiger partial charge in [-0.15, -0.1) is 0 Å². The molecule has 4 rings (SSSR count). The first kappa shape index (κ1) is 17.4. The minimum Gasteiger partial charge on any atom is -0.461 e. The van der Waals surface area contributed by atoms with E-state index in [1.807, 2.05) is 41.3 Å². The summed E-state index contributed by atoms with van der Waals surface area (Å²) in [6.45, 7) is 2.96. The summed E-state index contributed by atoms with van der Waals surface area (Å²) in [6.07, 6.45) is 1.31. The fourth-order valence-electron chi connectivity index (χ4n) is 2.95. The molecule has 0 N–H and O–H groups in total. The lowest BCUT2D eigenvalue weighted by Crippen LogP contribution is -2.21. The predicted molar refractivity (Wildman–Crippen MR) is 100 cm³/mol. The average Bonchev–Trinajstić information content (AvgIpc) is 3.07. The number of carbonyl (C=O) groups excluding carboxylic acids is 1. The zero-order valence-corrected chi connectivity index (χ0v) is 15.4. The van der Waals surface area contributed by atoms with Crippen LogP contribution in [0.3, 0.4) is 0 Å². The molecule has 0 saturated heterocycles. The number of benzene rings is 2. The fourth-order valence-corrected chi connectivity index (χ4v) is 3.12. The Bertz CT molecular complexity index is 986. The van der Waals surface area contributed by atoms with E-state index in [2.05, 4.69) is 4.98 Å². The van der Waals surface area contributed by atoms with E-state index in [1.54, 1.807) is 13.0 Å². The van der Waals surface area contributed by atoms with E-state index >= 15 is 0 Å². The molecule has 3 aromatic rings. The zero-order chi connectivity index (χ0) is 18.8. The minimum atomic E-state index is -0.500. The van der Waals surface area contributed by atoms with Crippen LogP contribution in [-0.2, 0) is 17.8 Å². The Balaban J connectivity index is 1.67. The normalized spacial score (nSPS) is 12.6. The lowest BCUT2D eigenvalue weighted by molar-refractivity contribution is 0.0519. The van der Waals surface area contributed by atoms with Gasteiger partial charge in [-0.2, -0.15) is 0 Å². The second-order valence-corrected chi connectivity index (χ2v) is 6.46. The molecule has 0 amide bonds. The Morgan fingerprint density at radius 2 is 2.11 bits per heavy atom. The highest BCUT2D eigenvalue weighted by Crippen LogP contribution is 2.40. The van der Waals surface area contributed by atoms with Gasteiger partial charge < -0.3 is 18.8 Å². The van der Waals surface area contributed by atoms with Crippen LogP contribution in [0.5, 0.6) is 11.5 Å². The quantitative estimate of drug-likeness (QED) is 0.601. The Kier molecular flexibility index (Phi) is 4.73. The summed E-state index contributed by atoms with van der Waals surface area (Å²) in [5.41, 5.74) is 2.02. The van der Waals surface area contributed by atoms with Gasteiger partial charge in [0, 0.05) is 17.1 Å². The Morgan fingerprint density at radius 3 is 2.96 bits per heavy atom. The minimum absolute atomic E-state index is 0.157. The second kappa shape index (κ2) is 7.32. The van der Waals surface area contributed by atoms with Crippen LogP contribution >= 0.6 is 11.6 Å². The summed E-state index contributed by atoms with van der Waals surface area (Å²) in [4.78, 5) is 18.1. The van der Waals surface area contributed by atoms with Crippen LogP contribution in [0.2, 0.25) is 5.02 Å². The van der Waals surface area contributed by atoms with Gasteiger partial charge in [0.15, 0.2) is 11.4 Å². The van der Waals surface area contributed by atoms with E-state index in [9.17, 15) is 4.79 Å². The van der Waals surface area contributed by atoms with Crippen molar-refractivity contribution in [2.75, 3.05) is 11.5 Å². The molecule has 2 heterocycles. The van der Waals surface area contributed by atoms with Gasteiger partial charge in [-0.3, -0.25) is 0 Å². The number of esters is 1. The lowest BCUT2D eigenvalue weighted by Gasteiger charge is -2.22. The van der Waals surface area contributed by atoms with Crippen LogP contribution in [0.1, 0.15) is 28.9 Å².